The van der Waals surface area contributed by atoms with Crippen LogP contribution in [0.5, 0.6) is 0 Å². The highest BCUT2D eigenvalue weighted by atomic mass is 14.6. The van der Waals surface area contributed by atoms with Crippen LogP contribution in [0, 0.1) is 13.8 Å². The van der Waals surface area contributed by atoms with Crippen molar-refractivity contribution in [2.24, 2.45) is 0 Å². The van der Waals surface area contributed by atoms with E-state index >= 15 is 0 Å². The van der Waals surface area contributed by atoms with Gasteiger partial charge in [0.1, 0.15) is 0 Å². The lowest BCUT2D eigenvalue weighted by atomic mass is 9.95. The third-order valence-corrected chi connectivity index (χ3v) is 3.08. The van der Waals surface area contributed by atoms with Gasteiger partial charge in [-0.05, 0) is 42.7 Å². The molecule has 2 rings (SSSR count). The summed E-state index contributed by atoms with van der Waals surface area (Å²) < 4.78 is 0. The molecule has 2 aromatic rings. The number of nitrogen functional groups attached to an aromatic ring is 2. The van der Waals surface area contributed by atoms with Crippen molar-refractivity contribution in [3.63, 3.8) is 0 Å². The van der Waals surface area contributed by atoms with Gasteiger partial charge in [-0.2, -0.15) is 0 Å². The third kappa shape index (κ3) is 1.63. The minimum absolute atomic E-state index is 0.801. The quantitative estimate of drug-likeness (QED) is 0.713. The largest absolute Gasteiger partial charge is 0.399 e. The lowest BCUT2D eigenvalue weighted by Crippen LogP contribution is -1.96. The van der Waals surface area contributed by atoms with Crippen LogP contribution in [-0.4, -0.2) is 0 Å². The average Bonchev–Trinajstić information content (AvgIpc) is 2.28. The molecule has 0 spiro atoms. The fourth-order valence-corrected chi connectivity index (χ4v) is 1.88. The Bertz CT molecular complexity index is 530. The van der Waals surface area contributed by atoms with E-state index in [1.54, 1.807) is 0 Å². The molecule has 0 aliphatic rings. The van der Waals surface area contributed by atoms with Crippen molar-refractivity contribution in [2.45, 2.75) is 13.8 Å². The molecular weight excluding hydrogens is 196 g/mol. The van der Waals surface area contributed by atoms with Crippen molar-refractivity contribution in [3.05, 3.63) is 47.5 Å². The van der Waals surface area contributed by atoms with Crippen molar-refractivity contribution in [2.75, 3.05) is 11.5 Å². The molecule has 0 radical (unpaired) electrons. The minimum atomic E-state index is 0.801. The molecule has 82 valence electrons. The highest BCUT2D eigenvalue weighted by Gasteiger charge is 2.08. The van der Waals surface area contributed by atoms with Crippen LogP contribution in [0.2, 0.25) is 0 Å². The zero-order valence-electron chi connectivity index (χ0n) is 9.62. The fourth-order valence-electron chi connectivity index (χ4n) is 1.88. The van der Waals surface area contributed by atoms with E-state index < -0.39 is 0 Å². The van der Waals surface area contributed by atoms with E-state index in [4.69, 9.17) is 11.5 Å². The van der Waals surface area contributed by atoms with E-state index in [9.17, 15) is 0 Å². The van der Waals surface area contributed by atoms with Crippen LogP contribution in [-0.2, 0) is 0 Å². The average molecular weight is 212 g/mol. The SMILES string of the molecule is Cc1c(N)ccc(-c2ccccc2N)c1C. The van der Waals surface area contributed by atoms with Crippen LogP contribution < -0.4 is 11.5 Å². The van der Waals surface area contributed by atoms with Gasteiger partial charge in [0, 0.05) is 16.9 Å². The summed E-state index contributed by atoms with van der Waals surface area (Å²) >= 11 is 0. The van der Waals surface area contributed by atoms with E-state index in [1.165, 1.54) is 5.56 Å². The molecule has 0 unspecified atom stereocenters. The lowest BCUT2D eigenvalue weighted by Gasteiger charge is -2.12. The summed E-state index contributed by atoms with van der Waals surface area (Å²) in [6, 6.07) is 11.9. The van der Waals surface area contributed by atoms with E-state index in [0.29, 0.717) is 0 Å². The summed E-state index contributed by atoms with van der Waals surface area (Å²) in [5.74, 6) is 0. The number of anilines is 2. The molecule has 0 heterocycles. The van der Waals surface area contributed by atoms with Crippen molar-refractivity contribution in [1.29, 1.82) is 0 Å². The lowest BCUT2D eigenvalue weighted by molar-refractivity contribution is 1.34. The molecule has 0 bridgehead atoms. The van der Waals surface area contributed by atoms with E-state index in [-0.39, 0.29) is 0 Å². The maximum Gasteiger partial charge on any atom is 0.0393 e. The Morgan fingerprint density at radius 3 is 2.06 bits per heavy atom. The van der Waals surface area contributed by atoms with Gasteiger partial charge in [-0.15, -0.1) is 0 Å². The smallest absolute Gasteiger partial charge is 0.0393 e. The maximum absolute atomic E-state index is 5.98. The zero-order valence-corrected chi connectivity index (χ0v) is 9.62. The topological polar surface area (TPSA) is 52.0 Å². The van der Waals surface area contributed by atoms with Gasteiger partial charge in [0.05, 0.1) is 0 Å². The standard InChI is InChI=1S/C14H16N2/c1-9-10(2)13(15)8-7-11(9)12-5-3-4-6-14(12)16/h3-8H,15-16H2,1-2H3. The summed E-state index contributed by atoms with van der Waals surface area (Å²) in [6.07, 6.45) is 0. The molecule has 0 saturated carbocycles. The summed E-state index contributed by atoms with van der Waals surface area (Å²) in [7, 11) is 0. The molecule has 16 heavy (non-hydrogen) atoms. The first-order chi connectivity index (χ1) is 7.61. The highest BCUT2D eigenvalue weighted by molar-refractivity contribution is 5.80. The normalized spacial score (nSPS) is 10.4. The molecule has 0 aromatic heterocycles. The Labute approximate surface area is 95.9 Å². The van der Waals surface area contributed by atoms with Crippen LogP contribution in [0.15, 0.2) is 36.4 Å². The molecule has 4 N–H and O–H groups in total. The number of benzene rings is 2. The van der Waals surface area contributed by atoms with Gasteiger partial charge >= 0.3 is 0 Å². The molecule has 0 amide bonds. The number of para-hydroxylation sites is 1. The Morgan fingerprint density at radius 1 is 0.688 bits per heavy atom. The first kappa shape index (κ1) is 10.6. The van der Waals surface area contributed by atoms with Gasteiger partial charge in [-0.25, -0.2) is 0 Å². The summed E-state index contributed by atoms with van der Waals surface area (Å²) in [4.78, 5) is 0. The van der Waals surface area contributed by atoms with Gasteiger partial charge in [0.15, 0.2) is 0 Å². The van der Waals surface area contributed by atoms with Crippen LogP contribution in [0.3, 0.4) is 0 Å². The predicted octanol–water partition coefficient (Wildman–Crippen LogP) is 3.13. The van der Waals surface area contributed by atoms with Crippen molar-refractivity contribution < 1.29 is 0 Å². The van der Waals surface area contributed by atoms with Crippen molar-refractivity contribution >= 4 is 11.4 Å². The van der Waals surface area contributed by atoms with Crippen LogP contribution in [0.25, 0.3) is 11.1 Å². The Kier molecular flexibility index (Phi) is 2.57. The summed E-state index contributed by atoms with van der Waals surface area (Å²) in [6.45, 7) is 4.11. The molecule has 0 atom stereocenters. The minimum Gasteiger partial charge on any atom is -0.399 e. The number of nitrogens with two attached hydrogens (primary N) is 2. The van der Waals surface area contributed by atoms with E-state index in [0.717, 1.165) is 28.1 Å². The molecule has 0 saturated heterocycles. The Morgan fingerprint density at radius 2 is 1.38 bits per heavy atom. The zero-order chi connectivity index (χ0) is 11.7. The molecular formula is C14H16N2. The van der Waals surface area contributed by atoms with Gasteiger partial charge in [-0.1, -0.05) is 24.3 Å². The predicted molar refractivity (Wildman–Crippen MR) is 70.2 cm³/mol. The summed E-state index contributed by atoms with van der Waals surface area (Å²) in [5.41, 5.74) is 18.0. The van der Waals surface area contributed by atoms with Crippen molar-refractivity contribution in [3.8, 4) is 11.1 Å². The molecule has 0 fully saturated rings. The second-order valence-electron chi connectivity index (χ2n) is 4.04. The number of hydrogen-bond donors (Lipinski definition) is 2. The molecule has 2 aromatic carbocycles. The highest BCUT2D eigenvalue weighted by Crippen LogP contribution is 2.31. The van der Waals surface area contributed by atoms with Crippen LogP contribution in [0.4, 0.5) is 11.4 Å². The van der Waals surface area contributed by atoms with Gasteiger partial charge in [0.2, 0.25) is 0 Å². The summed E-state index contributed by atoms with van der Waals surface area (Å²) in [5, 5.41) is 0. The van der Waals surface area contributed by atoms with Crippen molar-refractivity contribution in [1.82, 2.24) is 0 Å². The first-order valence-corrected chi connectivity index (χ1v) is 5.32. The first-order valence-electron chi connectivity index (χ1n) is 5.32. The van der Waals surface area contributed by atoms with E-state index in [2.05, 4.69) is 6.92 Å². The number of rotatable bonds is 1. The Balaban J connectivity index is 2.66. The third-order valence-electron chi connectivity index (χ3n) is 3.08. The number of hydrogen-bond acceptors (Lipinski definition) is 2. The fraction of sp³-hybridized carbons (Fsp3) is 0.143. The van der Waals surface area contributed by atoms with Crippen LogP contribution >= 0.6 is 0 Å². The monoisotopic (exact) mass is 212 g/mol. The second-order valence-corrected chi connectivity index (χ2v) is 4.04. The van der Waals surface area contributed by atoms with E-state index in [1.807, 2.05) is 43.3 Å². The molecule has 0 aliphatic heterocycles. The van der Waals surface area contributed by atoms with Gasteiger partial charge < -0.3 is 11.5 Å². The van der Waals surface area contributed by atoms with Crippen LogP contribution in [0.1, 0.15) is 11.1 Å². The maximum atomic E-state index is 5.98. The second kappa shape index (κ2) is 3.89. The molecule has 2 heteroatoms. The molecule has 2 nitrogen and oxygen atoms in total. The Hall–Kier alpha value is -1.96. The van der Waals surface area contributed by atoms with Gasteiger partial charge in [-0.3, -0.25) is 0 Å². The molecule has 0 aliphatic carbocycles. The van der Waals surface area contributed by atoms with Gasteiger partial charge in [0.25, 0.3) is 0 Å².